The van der Waals surface area contributed by atoms with Crippen molar-refractivity contribution in [2.24, 2.45) is 11.7 Å². The molecule has 1 saturated heterocycles. The predicted octanol–water partition coefficient (Wildman–Crippen LogP) is 3.49. The largest absolute Gasteiger partial charge is 0.323 e. The molecule has 3 N–H and O–H groups in total. The number of thiophene rings is 1. The van der Waals surface area contributed by atoms with Gasteiger partial charge in [-0.3, -0.25) is 0 Å². The van der Waals surface area contributed by atoms with Crippen molar-refractivity contribution in [1.29, 1.82) is 0 Å². The van der Waals surface area contributed by atoms with Crippen LogP contribution in [0, 0.1) is 5.92 Å². The molecule has 0 spiro atoms. The van der Waals surface area contributed by atoms with Gasteiger partial charge in [-0.1, -0.05) is 36.4 Å². The Morgan fingerprint density at radius 2 is 2.00 bits per heavy atom. The molecule has 19 heavy (non-hydrogen) atoms. The second kappa shape index (κ2) is 5.87. The number of benzene rings is 1. The highest BCUT2D eigenvalue weighted by Crippen LogP contribution is 2.38. The summed E-state index contributed by atoms with van der Waals surface area (Å²) in [5, 5.41) is 5.77. The first-order valence-electron chi connectivity index (χ1n) is 6.93. The first-order valence-corrected chi connectivity index (χ1v) is 7.81. The zero-order chi connectivity index (χ0) is 13.1. The zero-order valence-electron chi connectivity index (χ0n) is 11.0. The molecule has 1 aromatic carbocycles. The number of nitrogens with one attached hydrogen (secondary N) is 1. The minimum Gasteiger partial charge on any atom is -0.323 e. The van der Waals surface area contributed by atoms with Crippen LogP contribution >= 0.6 is 11.3 Å². The lowest BCUT2D eigenvalue weighted by Gasteiger charge is -2.36. The van der Waals surface area contributed by atoms with Crippen molar-refractivity contribution in [1.82, 2.24) is 5.32 Å². The summed E-state index contributed by atoms with van der Waals surface area (Å²) >= 11 is 1.77. The SMILES string of the molecule is NC(c1cccs1)C1CCCNC1c1ccccc1. The van der Waals surface area contributed by atoms with Crippen LogP contribution in [0.3, 0.4) is 0 Å². The van der Waals surface area contributed by atoms with Crippen LogP contribution in [-0.2, 0) is 0 Å². The van der Waals surface area contributed by atoms with Crippen LogP contribution in [0.15, 0.2) is 47.8 Å². The van der Waals surface area contributed by atoms with Gasteiger partial charge in [0.25, 0.3) is 0 Å². The van der Waals surface area contributed by atoms with Crippen LogP contribution in [0.1, 0.15) is 35.4 Å². The topological polar surface area (TPSA) is 38.0 Å². The summed E-state index contributed by atoms with van der Waals surface area (Å²) in [5.41, 5.74) is 7.87. The van der Waals surface area contributed by atoms with Crippen molar-refractivity contribution in [2.75, 3.05) is 6.54 Å². The van der Waals surface area contributed by atoms with Crippen molar-refractivity contribution in [3.63, 3.8) is 0 Å². The highest BCUT2D eigenvalue weighted by atomic mass is 32.1. The Balaban J connectivity index is 1.85. The highest BCUT2D eigenvalue weighted by Gasteiger charge is 2.31. The second-order valence-electron chi connectivity index (χ2n) is 5.19. The van der Waals surface area contributed by atoms with Crippen molar-refractivity contribution in [3.05, 3.63) is 58.3 Å². The molecule has 2 heterocycles. The molecule has 3 heteroatoms. The normalized spacial score (nSPS) is 25.1. The Labute approximate surface area is 118 Å². The van der Waals surface area contributed by atoms with Gasteiger partial charge in [-0.15, -0.1) is 11.3 Å². The fourth-order valence-corrected chi connectivity index (χ4v) is 3.82. The molecule has 100 valence electrons. The van der Waals surface area contributed by atoms with Crippen LogP contribution in [0.25, 0.3) is 0 Å². The van der Waals surface area contributed by atoms with E-state index < -0.39 is 0 Å². The summed E-state index contributed by atoms with van der Waals surface area (Å²) in [5.74, 6) is 0.481. The monoisotopic (exact) mass is 272 g/mol. The van der Waals surface area contributed by atoms with Crippen LogP contribution in [0.4, 0.5) is 0 Å². The van der Waals surface area contributed by atoms with Crippen molar-refractivity contribution < 1.29 is 0 Å². The third kappa shape index (κ3) is 2.73. The molecular formula is C16H20N2S. The van der Waals surface area contributed by atoms with Crippen LogP contribution < -0.4 is 11.1 Å². The van der Waals surface area contributed by atoms with Crippen molar-refractivity contribution in [2.45, 2.75) is 24.9 Å². The van der Waals surface area contributed by atoms with Gasteiger partial charge in [0.2, 0.25) is 0 Å². The molecule has 2 aromatic rings. The summed E-state index contributed by atoms with van der Waals surface area (Å²) < 4.78 is 0. The summed E-state index contributed by atoms with van der Waals surface area (Å²) in [6.07, 6.45) is 2.42. The third-order valence-corrected chi connectivity index (χ3v) is 4.97. The minimum atomic E-state index is 0.137. The van der Waals surface area contributed by atoms with Gasteiger partial charge in [-0.2, -0.15) is 0 Å². The fraction of sp³-hybridized carbons (Fsp3) is 0.375. The van der Waals surface area contributed by atoms with E-state index in [-0.39, 0.29) is 6.04 Å². The first-order chi connectivity index (χ1) is 9.36. The predicted molar refractivity (Wildman–Crippen MR) is 81.2 cm³/mol. The molecule has 0 amide bonds. The van der Waals surface area contributed by atoms with E-state index in [9.17, 15) is 0 Å². The molecule has 1 aliphatic heterocycles. The second-order valence-corrected chi connectivity index (χ2v) is 6.17. The van der Waals surface area contributed by atoms with Gasteiger partial charge in [0.15, 0.2) is 0 Å². The summed E-state index contributed by atoms with van der Waals surface area (Å²) in [6, 6.07) is 15.5. The van der Waals surface area contributed by atoms with Crippen LogP contribution in [0.2, 0.25) is 0 Å². The average Bonchev–Trinajstić information content (AvgIpc) is 3.02. The quantitative estimate of drug-likeness (QED) is 0.897. The number of piperidine rings is 1. The van der Waals surface area contributed by atoms with Crippen LogP contribution in [-0.4, -0.2) is 6.54 Å². The Hall–Kier alpha value is -1.16. The highest BCUT2D eigenvalue weighted by molar-refractivity contribution is 7.10. The van der Waals surface area contributed by atoms with E-state index in [1.807, 2.05) is 0 Å². The summed E-state index contributed by atoms with van der Waals surface area (Å²) in [6.45, 7) is 1.09. The first kappa shape index (κ1) is 12.9. The maximum absolute atomic E-state index is 6.51. The molecule has 0 aliphatic carbocycles. The average molecular weight is 272 g/mol. The van der Waals surface area contributed by atoms with E-state index in [1.165, 1.54) is 23.3 Å². The molecule has 3 atom stereocenters. The number of hydrogen-bond donors (Lipinski definition) is 2. The summed E-state index contributed by atoms with van der Waals surface area (Å²) in [4.78, 5) is 1.30. The van der Waals surface area contributed by atoms with E-state index in [4.69, 9.17) is 5.73 Å². The number of nitrogens with two attached hydrogens (primary N) is 1. The van der Waals surface area contributed by atoms with Crippen LogP contribution in [0.5, 0.6) is 0 Å². The number of hydrogen-bond acceptors (Lipinski definition) is 3. The molecule has 2 nitrogen and oxygen atoms in total. The van der Waals surface area contributed by atoms with E-state index in [1.54, 1.807) is 11.3 Å². The molecule has 3 rings (SSSR count). The van der Waals surface area contributed by atoms with Gasteiger partial charge in [0.05, 0.1) is 0 Å². The van der Waals surface area contributed by atoms with Crippen molar-refractivity contribution in [3.8, 4) is 0 Å². The molecule has 1 aromatic heterocycles. The molecule has 0 bridgehead atoms. The van der Waals surface area contributed by atoms with Gasteiger partial charge in [-0.25, -0.2) is 0 Å². The Morgan fingerprint density at radius 1 is 1.16 bits per heavy atom. The molecule has 0 radical (unpaired) electrons. The Bertz CT molecular complexity index is 495. The maximum Gasteiger partial charge on any atom is 0.0436 e. The van der Waals surface area contributed by atoms with Gasteiger partial charge >= 0.3 is 0 Å². The van der Waals surface area contributed by atoms with E-state index in [2.05, 4.69) is 53.2 Å². The molecule has 1 aliphatic rings. The third-order valence-electron chi connectivity index (χ3n) is 4.00. The molecule has 1 fully saturated rings. The summed E-state index contributed by atoms with van der Waals surface area (Å²) in [7, 11) is 0. The Kier molecular flexibility index (Phi) is 3.97. The lowest BCUT2D eigenvalue weighted by molar-refractivity contribution is 0.246. The molecular weight excluding hydrogens is 252 g/mol. The lowest BCUT2D eigenvalue weighted by Crippen LogP contribution is -2.39. The maximum atomic E-state index is 6.51. The van der Waals surface area contributed by atoms with Gasteiger partial charge in [-0.05, 0) is 42.3 Å². The standard InChI is InChI=1S/C16H20N2S/c17-15(14-9-5-11-19-14)13-8-4-10-18-16(13)12-6-2-1-3-7-12/h1-3,5-7,9,11,13,15-16,18H,4,8,10,17H2. The molecule has 0 saturated carbocycles. The van der Waals surface area contributed by atoms with Crippen molar-refractivity contribution >= 4 is 11.3 Å². The lowest BCUT2D eigenvalue weighted by atomic mass is 9.81. The number of rotatable bonds is 3. The zero-order valence-corrected chi connectivity index (χ0v) is 11.8. The Morgan fingerprint density at radius 3 is 2.74 bits per heavy atom. The van der Waals surface area contributed by atoms with Gasteiger partial charge in [0, 0.05) is 17.0 Å². The smallest absolute Gasteiger partial charge is 0.0436 e. The van der Waals surface area contributed by atoms with E-state index in [0.29, 0.717) is 12.0 Å². The fourth-order valence-electron chi connectivity index (χ4n) is 3.02. The van der Waals surface area contributed by atoms with Gasteiger partial charge in [0.1, 0.15) is 0 Å². The van der Waals surface area contributed by atoms with Gasteiger partial charge < -0.3 is 11.1 Å². The molecule has 3 unspecified atom stereocenters. The van der Waals surface area contributed by atoms with E-state index >= 15 is 0 Å². The minimum absolute atomic E-state index is 0.137. The van der Waals surface area contributed by atoms with E-state index in [0.717, 1.165) is 6.54 Å².